The van der Waals surface area contributed by atoms with Gasteiger partial charge in [0.15, 0.2) is 11.5 Å². The number of anilines is 1. The molecule has 0 aliphatic heterocycles. The first kappa shape index (κ1) is 15.9. The van der Waals surface area contributed by atoms with Crippen molar-refractivity contribution in [3.63, 3.8) is 0 Å². The number of rotatable bonds is 2. The van der Waals surface area contributed by atoms with Gasteiger partial charge in [0.25, 0.3) is 0 Å². The number of benzene rings is 1. The van der Waals surface area contributed by atoms with Crippen molar-refractivity contribution in [2.75, 3.05) is 5.73 Å². The molecule has 24 heavy (non-hydrogen) atoms. The maximum absolute atomic E-state index is 14.3. The van der Waals surface area contributed by atoms with Crippen LogP contribution in [0.25, 0.3) is 16.8 Å². The van der Waals surface area contributed by atoms with Crippen LogP contribution in [0.1, 0.15) is 5.69 Å². The minimum atomic E-state index is -4.86. The van der Waals surface area contributed by atoms with Crippen molar-refractivity contribution < 1.29 is 22.0 Å². The van der Waals surface area contributed by atoms with Crippen molar-refractivity contribution in [3.05, 3.63) is 60.2 Å². The zero-order valence-electron chi connectivity index (χ0n) is 11.9. The van der Waals surface area contributed by atoms with Gasteiger partial charge in [-0.05, 0) is 23.8 Å². The fraction of sp³-hybridized carbons (Fsp3) is 0.0667. The monoisotopic (exact) mass is 340 g/mol. The summed E-state index contributed by atoms with van der Waals surface area (Å²) in [5, 5.41) is 3.52. The largest absolute Gasteiger partial charge is 0.435 e. The molecule has 0 amide bonds. The Bertz CT molecular complexity index is 887. The van der Waals surface area contributed by atoms with Gasteiger partial charge in [-0.25, -0.2) is 13.5 Å². The molecule has 0 aliphatic rings. The molecule has 2 heterocycles. The number of nitrogen functional groups attached to an aromatic ring is 1. The Morgan fingerprint density at radius 2 is 1.71 bits per heavy atom. The van der Waals surface area contributed by atoms with E-state index in [9.17, 15) is 22.0 Å². The van der Waals surface area contributed by atoms with Crippen molar-refractivity contribution in [1.82, 2.24) is 14.8 Å². The zero-order valence-corrected chi connectivity index (χ0v) is 11.9. The van der Waals surface area contributed by atoms with Crippen LogP contribution in [0.4, 0.5) is 27.6 Å². The third-order valence-electron chi connectivity index (χ3n) is 3.30. The summed E-state index contributed by atoms with van der Waals surface area (Å²) < 4.78 is 68.0. The first-order valence-corrected chi connectivity index (χ1v) is 6.59. The molecule has 0 aliphatic carbocycles. The first-order valence-electron chi connectivity index (χ1n) is 6.59. The van der Waals surface area contributed by atoms with Crippen molar-refractivity contribution in [2.45, 2.75) is 6.18 Å². The highest BCUT2D eigenvalue weighted by molar-refractivity contribution is 5.73. The van der Waals surface area contributed by atoms with Gasteiger partial charge in [0.05, 0.1) is 11.9 Å². The average molecular weight is 340 g/mol. The van der Waals surface area contributed by atoms with E-state index >= 15 is 0 Å². The molecule has 1 aromatic carbocycles. The lowest BCUT2D eigenvalue weighted by Crippen LogP contribution is -2.17. The molecule has 2 N–H and O–H groups in total. The SMILES string of the molecule is Nc1cnn(-c2c(F)cc(F)cc2-c2ccncc2)c1C(F)(F)F. The number of nitrogens with zero attached hydrogens (tertiary/aromatic N) is 3. The Labute approximate surface area is 132 Å². The number of alkyl halides is 3. The summed E-state index contributed by atoms with van der Waals surface area (Å²) in [6.45, 7) is 0. The molecule has 0 fully saturated rings. The molecule has 0 bridgehead atoms. The molecular formula is C15H9F5N4. The maximum atomic E-state index is 14.3. The fourth-order valence-corrected chi connectivity index (χ4v) is 2.35. The van der Waals surface area contributed by atoms with E-state index in [1.165, 1.54) is 24.5 Å². The highest BCUT2D eigenvalue weighted by Gasteiger charge is 2.39. The van der Waals surface area contributed by atoms with Crippen LogP contribution >= 0.6 is 0 Å². The summed E-state index contributed by atoms with van der Waals surface area (Å²) in [5.74, 6) is -2.13. The van der Waals surface area contributed by atoms with Crippen molar-refractivity contribution in [3.8, 4) is 16.8 Å². The summed E-state index contributed by atoms with van der Waals surface area (Å²) in [6, 6.07) is 4.24. The summed E-state index contributed by atoms with van der Waals surface area (Å²) in [5.41, 5.74) is 2.95. The van der Waals surface area contributed by atoms with Gasteiger partial charge < -0.3 is 5.73 Å². The number of nitrogens with two attached hydrogens (primary N) is 1. The molecule has 2 aromatic heterocycles. The summed E-state index contributed by atoms with van der Waals surface area (Å²) in [6.07, 6.45) is -1.40. The Kier molecular flexibility index (Phi) is 3.70. The second kappa shape index (κ2) is 5.59. The molecule has 9 heteroatoms. The van der Waals surface area contributed by atoms with Crippen LogP contribution in [-0.4, -0.2) is 14.8 Å². The van der Waals surface area contributed by atoms with Crippen LogP contribution < -0.4 is 5.73 Å². The summed E-state index contributed by atoms with van der Waals surface area (Å²) in [7, 11) is 0. The predicted octanol–water partition coefficient (Wildman–Crippen LogP) is 3.81. The topological polar surface area (TPSA) is 56.7 Å². The highest BCUT2D eigenvalue weighted by Crippen LogP contribution is 2.38. The quantitative estimate of drug-likeness (QED) is 0.722. The van der Waals surface area contributed by atoms with Crippen LogP contribution in [0.15, 0.2) is 42.9 Å². The third-order valence-corrected chi connectivity index (χ3v) is 3.30. The number of hydrogen-bond acceptors (Lipinski definition) is 3. The van der Waals surface area contributed by atoms with E-state index in [0.717, 1.165) is 12.3 Å². The molecule has 0 spiro atoms. The molecule has 0 radical (unpaired) electrons. The Morgan fingerprint density at radius 1 is 1.04 bits per heavy atom. The molecule has 4 nitrogen and oxygen atoms in total. The predicted molar refractivity (Wildman–Crippen MR) is 76.1 cm³/mol. The molecule has 0 unspecified atom stereocenters. The number of pyridine rings is 1. The standard InChI is InChI=1S/C15H9F5N4/c16-9-5-10(8-1-3-22-4-2-8)13(11(17)6-9)24-14(15(18,19)20)12(21)7-23-24/h1-7H,21H2. The van der Waals surface area contributed by atoms with Crippen molar-refractivity contribution in [1.29, 1.82) is 0 Å². The van der Waals surface area contributed by atoms with Gasteiger partial charge in [0.1, 0.15) is 11.5 Å². The van der Waals surface area contributed by atoms with Crippen LogP contribution in [-0.2, 0) is 6.18 Å². The van der Waals surface area contributed by atoms with E-state index in [2.05, 4.69) is 10.1 Å². The van der Waals surface area contributed by atoms with Crippen LogP contribution in [0.2, 0.25) is 0 Å². The third kappa shape index (κ3) is 2.68. The van der Waals surface area contributed by atoms with Gasteiger partial charge in [-0.1, -0.05) is 0 Å². The van der Waals surface area contributed by atoms with Crippen molar-refractivity contribution >= 4 is 5.69 Å². The lowest BCUT2D eigenvalue weighted by Gasteiger charge is -2.16. The minimum absolute atomic E-state index is 0.108. The number of halogens is 5. The van der Waals surface area contributed by atoms with E-state index in [0.29, 0.717) is 10.7 Å². The minimum Gasteiger partial charge on any atom is -0.396 e. The van der Waals surface area contributed by atoms with Gasteiger partial charge in [-0.15, -0.1) is 0 Å². The first-order chi connectivity index (χ1) is 11.3. The highest BCUT2D eigenvalue weighted by atomic mass is 19.4. The van der Waals surface area contributed by atoms with Crippen LogP contribution in [0, 0.1) is 11.6 Å². The van der Waals surface area contributed by atoms with Gasteiger partial charge in [-0.3, -0.25) is 4.98 Å². The fourth-order valence-electron chi connectivity index (χ4n) is 2.35. The van der Waals surface area contributed by atoms with E-state index in [1.807, 2.05) is 0 Å². The number of aromatic nitrogens is 3. The molecule has 3 aromatic rings. The molecule has 0 saturated heterocycles. The van der Waals surface area contributed by atoms with Crippen LogP contribution in [0.5, 0.6) is 0 Å². The summed E-state index contributed by atoms with van der Waals surface area (Å²) >= 11 is 0. The van der Waals surface area contributed by atoms with E-state index in [4.69, 9.17) is 5.73 Å². The van der Waals surface area contributed by atoms with E-state index in [-0.39, 0.29) is 11.1 Å². The number of hydrogen-bond donors (Lipinski definition) is 1. The smallest absolute Gasteiger partial charge is 0.396 e. The second-order valence-corrected chi connectivity index (χ2v) is 4.88. The maximum Gasteiger partial charge on any atom is 0.435 e. The molecule has 124 valence electrons. The molecule has 3 rings (SSSR count). The average Bonchev–Trinajstić information content (AvgIpc) is 2.89. The molecule has 0 atom stereocenters. The van der Waals surface area contributed by atoms with Gasteiger partial charge >= 0.3 is 6.18 Å². The zero-order chi connectivity index (χ0) is 17.5. The normalized spacial score (nSPS) is 11.7. The summed E-state index contributed by atoms with van der Waals surface area (Å²) in [4.78, 5) is 3.77. The van der Waals surface area contributed by atoms with Gasteiger partial charge in [0, 0.05) is 24.0 Å². The van der Waals surface area contributed by atoms with Crippen LogP contribution in [0.3, 0.4) is 0 Å². The Balaban J connectivity index is 2.35. The van der Waals surface area contributed by atoms with E-state index < -0.39 is 34.9 Å². The molecular weight excluding hydrogens is 331 g/mol. The second-order valence-electron chi connectivity index (χ2n) is 4.88. The lowest BCUT2D eigenvalue weighted by molar-refractivity contribution is -0.142. The van der Waals surface area contributed by atoms with Gasteiger partial charge in [-0.2, -0.15) is 18.3 Å². The van der Waals surface area contributed by atoms with Gasteiger partial charge in [0.2, 0.25) is 0 Å². The molecule has 0 saturated carbocycles. The lowest BCUT2D eigenvalue weighted by atomic mass is 10.0. The van der Waals surface area contributed by atoms with E-state index in [1.54, 1.807) is 0 Å². The van der Waals surface area contributed by atoms with Crippen molar-refractivity contribution in [2.24, 2.45) is 0 Å². The Hall–Kier alpha value is -2.97. The Morgan fingerprint density at radius 3 is 2.33 bits per heavy atom.